The van der Waals surface area contributed by atoms with Crippen molar-refractivity contribution < 1.29 is 13.2 Å². The molecule has 3 nitrogen and oxygen atoms in total. The minimum Gasteiger partial charge on any atom is -0.284 e. The molecule has 1 heterocycles. The van der Waals surface area contributed by atoms with Gasteiger partial charge >= 0.3 is 0 Å². The summed E-state index contributed by atoms with van der Waals surface area (Å²) in [5, 5.41) is 7.18. The van der Waals surface area contributed by atoms with Gasteiger partial charge in [-0.15, -0.1) is 21.8 Å². The lowest BCUT2D eigenvalue weighted by Gasteiger charge is -2.05. The topological polar surface area (TPSA) is 30.7 Å². The van der Waals surface area contributed by atoms with Crippen molar-refractivity contribution in [2.75, 3.05) is 0 Å². The standard InChI is InChI=1S/C9H5ClF3N3/c10-3-8-15-14-4-16(8)5-1-6(11)9(13)7(12)2-5/h1-2,4H,3H2. The summed E-state index contributed by atoms with van der Waals surface area (Å²) in [5.41, 5.74) is 0.0806. The molecule has 1 aromatic carbocycles. The number of hydrogen-bond donors (Lipinski definition) is 0. The van der Waals surface area contributed by atoms with Gasteiger partial charge in [-0.1, -0.05) is 0 Å². The molecule has 0 unspecified atom stereocenters. The Morgan fingerprint density at radius 1 is 1.19 bits per heavy atom. The molecule has 0 aliphatic heterocycles. The molecular formula is C9H5ClF3N3. The van der Waals surface area contributed by atoms with Gasteiger partial charge in [0.15, 0.2) is 23.3 Å². The number of nitrogens with zero attached hydrogens (tertiary/aromatic N) is 3. The maximum absolute atomic E-state index is 13.0. The molecule has 0 radical (unpaired) electrons. The first-order chi connectivity index (χ1) is 7.63. The van der Waals surface area contributed by atoms with E-state index in [0.717, 1.165) is 12.1 Å². The minimum absolute atomic E-state index is 0.0284. The van der Waals surface area contributed by atoms with Crippen LogP contribution in [0.5, 0.6) is 0 Å². The molecule has 2 aromatic rings. The molecule has 0 amide bonds. The Balaban J connectivity index is 2.57. The van der Waals surface area contributed by atoms with Gasteiger partial charge in [0.05, 0.1) is 11.6 Å². The molecule has 1 aromatic heterocycles. The zero-order chi connectivity index (χ0) is 11.7. The van der Waals surface area contributed by atoms with Gasteiger partial charge in [0.2, 0.25) is 0 Å². The summed E-state index contributed by atoms with van der Waals surface area (Å²) in [7, 11) is 0. The summed E-state index contributed by atoms with van der Waals surface area (Å²) in [5.74, 6) is -3.72. The van der Waals surface area contributed by atoms with Crippen LogP contribution in [0, 0.1) is 17.5 Å². The molecule has 0 aliphatic rings. The Morgan fingerprint density at radius 3 is 2.38 bits per heavy atom. The number of halogens is 4. The highest BCUT2D eigenvalue weighted by molar-refractivity contribution is 6.16. The van der Waals surface area contributed by atoms with Gasteiger partial charge in [-0.2, -0.15) is 0 Å². The number of hydrogen-bond acceptors (Lipinski definition) is 2. The van der Waals surface area contributed by atoms with Crippen molar-refractivity contribution in [3.8, 4) is 5.69 Å². The van der Waals surface area contributed by atoms with Crippen LogP contribution in [0.15, 0.2) is 18.5 Å². The SMILES string of the molecule is Fc1cc(-n2cnnc2CCl)cc(F)c1F. The number of benzene rings is 1. The Kier molecular flexibility index (Phi) is 2.82. The summed E-state index contributed by atoms with van der Waals surface area (Å²) in [6.07, 6.45) is 1.24. The van der Waals surface area contributed by atoms with Crippen LogP contribution in [0.2, 0.25) is 0 Å². The van der Waals surface area contributed by atoms with Crippen molar-refractivity contribution in [3.63, 3.8) is 0 Å². The Bertz CT molecular complexity index is 503. The summed E-state index contributed by atoms with van der Waals surface area (Å²) >= 11 is 5.55. The predicted octanol–water partition coefficient (Wildman–Crippen LogP) is 2.42. The second-order valence-corrected chi connectivity index (χ2v) is 3.24. The van der Waals surface area contributed by atoms with Gasteiger partial charge in [-0.05, 0) is 0 Å². The lowest BCUT2D eigenvalue weighted by atomic mass is 10.3. The molecule has 0 saturated carbocycles. The highest BCUT2D eigenvalue weighted by Gasteiger charge is 2.13. The van der Waals surface area contributed by atoms with E-state index in [1.165, 1.54) is 10.9 Å². The van der Waals surface area contributed by atoms with Crippen LogP contribution in [0.4, 0.5) is 13.2 Å². The van der Waals surface area contributed by atoms with E-state index in [4.69, 9.17) is 11.6 Å². The summed E-state index contributed by atoms with van der Waals surface area (Å²) in [4.78, 5) is 0. The second kappa shape index (κ2) is 4.13. The largest absolute Gasteiger partial charge is 0.284 e. The molecule has 7 heteroatoms. The van der Waals surface area contributed by atoms with Crippen molar-refractivity contribution in [1.82, 2.24) is 14.8 Å². The number of rotatable bonds is 2. The lowest BCUT2D eigenvalue weighted by Crippen LogP contribution is -2.01. The Hall–Kier alpha value is -1.56. The first-order valence-electron chi connectivity index (χ1n) is 4.23. The fourth-order valence-corrected chi connectivity index (χ4v) is 1.43. The van der Waals surface area contributed by atoms with Gasteiger partial charge in [0.1, 0.15) is 6.33 Å². The van der Waals surface area contributed by atoms with Gasteiger partial charge in [-0.3, -0.25) is 4.57 Å². The first kappa shape index (κ1) is 10.9. The molecule has 0 N–H and O–H groups in total. The molecule has 0 aliphatic carbocycles. The fourth-order valence-electron chi connectivity index (χ4n) is 1.25. The van der Waals surface area contributed by atoms with Crippen molar-refractivity contribution in [1.29, 1.82) is 0 Å². The molecule has 0 saturated heterocycles. The lowest BCUT2D eigenvalue weighted by molar-refractivity contribution is 0.446. The predicted molar refractivity (Wildman–Crippen MR) is 50.8 cm³/mol. The van der Waals surface area contributed by atoms with Gasteiger partial charge in [-0.25, -0.2) is 13.2 Å². The molecule has 0 fully saturated rings. The third kappa shape index (κ3) is 1.76. The van der Waals surface area contributed by atoms with Crippen LogP contribution in [0.3, 0.4) is 0 Å². The molecule has 2 rings (SSSR count). The molecule has 84 valence electrons. The molecule has 0 spiro atoms. The zero-order valence-corrected chi connectivity index (χ0v) is 8.55. The maximum atomic E-state index is 13.0. The monoisotopic (exact) mass is 247 g/mol. The average molecular weight is 248 g/mol. The number of aromatic nitrogens is 3. The highest BCUT2D eigenvalue weighted by atomic mass is 35.5. The third-order valence-corrected chi connectivity index (χ3v) is 2.22. The Morgan fingerprint density at radius 2 is 1.81 bits per heavy atom. The van der Waals surface area contributed by atoms with E-state index in [2.05, 4.69) is 10.2 Å². The summed E-state index contributed by atoms with van der Waals surface area (Å²) in [6, 6.07) is 1.69. The fraction of sp³-hybridized carbons (Fsp3) is 0.111. The third-order valence-electron chi connectivity index (χ3n) is 1.98. The molecule has 0 atom stereocenters. The minimum atomic E-state index is -1.51. The van der Waals surface area contributed by atoms with E-state index >= 15 is 0 Å². The average Bonchev–Trinajstić information content (AvgIpc) is 2.73. The van der Waals surface area contributed by atoms with Crippen molar-refractivity contribution in [2.45, 2.75) is 5.88 Å². The van der Waals surface area contributed by atoms with E-state index in [1.807, 2.05) is 0 Å². The van der Waals surface area contributed by atoms with E-state index in [1.54, 1.807) is 0 Å². The van der Waals surface area contributed by atoms with E-state index < -0.39 is 17.5 Å². The molecule has 0 bridgehead atoms. The van der Waals surface area contributed by atoms with Crippen LogP contribution >= 0.6 is 11.6 Å². The summed E-state index contributed by atoms with van der Waals surface area (Å²) in [6.45, 7) is 0. The first-order valence-corrected chi connectivity index (χ1v) is 4.76. The smallest absolute Gasteiger partial charge is 0.194 e. The maximum Gasteiger partial charge on any atom is 0.194 e. The summed E-state index contributed by atoms with van der Waals surface area (Å²) < 4.78 is 39.9. The Labute approximate surface area is 93.5 Å². The zero-order valence-electron chi connectivity index (χ0n) is 7.79. The van der Waals surface area contributed by atoms with Crippen LogP contribution in [0.1, 0.15) is 5.82 Å². The highest BCUT2D eigenvalue weighted by Crippen LogP contribution is 2.18. The van der Waals surface area contributed by atoms with Gasteiger partial charge < -0.3 is 0 Å². The number of alkyl halides is 1. The van der Waals surface area contributed by atoms with Crippen LogP contribution in [-0.4, -0.2) is 14.8 Å². The van der Waals surface area contributed by atoms with Crippen molar-refractivity contribution >= 4 is 11.6 Å². The van der Waals surface area contributed by atoms with Crippen molar-refractivity contribution in [3.05, 3.63) is 41.7 Å². The van der Waals surface area contributed by atoms with E-state index in [0.29, 0.717) is 5.82 Å². The molecular weight excluding hydrogens is 243 g/mol. The van der Waals surface area contributed by atoms with Gasteiger partial charge in [0.25, 0.3) is 0 Å². The normalized spacial score (nSPS) is 10.8. The molecule has 16 heavy (non-hydrogen) atoms. The van der Waals surface area contributed by atoms with Crippen LogP contribution in [-0.2, 0) is 5.88 Å². The van der Waals surface area contributed by atoms with Crippen LogP contribution < -0.4 is 0 Å². The van der Waals surface area contributed by atoms with E-state index in [9.17, 15) is 13.2 Å². The van der Waals surface area contributed by atoms with Gasteiger partial charge in [0, 0.05) is 12.1 Å². The van der Waals surface area contributed by atoms with Crippen LogP contribution in [0.25, 0.3) is 5.69 Å². The quantitative estimate of drug-likeness (QED) is 0.603. The van der Waals surface area contributed by atoms with E-state index in [-0.39, 0.29) is 11.6 Å². The van der Waals surface area contributed by atoms with Crippen molar-refractivity contribution in [2.24, 2.45) is 0 Å². The second-order valence-electron chi connectivity index (χ2n) is 2.97.